The highest BCUT2D eigenvalue weighted by Crippen LogP contribution is 2.49. The van der Waals surface area contributed by atoms with Gasteiger partial charge < -0.3 is 48.4 Å². The van der Waals surface area contributed by atoms with Gasteiger partial charge in [0, 0.05) is 58.0 Å². The standard InChI is InChI=1S/C34H47N6O14P/c1-5-6-18-50-32(43)39-16-14-38(15-17-39)31(42)27(21-55(46,53-22-51-33(44)48-3)54-23-52-34(45)49-4)36-30(41)26-19-28(40-13-12-25(20-40)47-2)37-29(35-26)24-10-8-7-9-11-24/h7-11,19,25,27H,5-6,12-18,20-23H2,1-4H3,(H,36,41). The molecule has 2 aliphatic heterocycles. The van der Waals surface area contributed by atoms with Gasteiger partial charge in [0.15, 0.2) is 5.82 Å². The Hall–Kier alpha value is -5.04. The molecule has 2 saturated heterocycles. The Morgan fingerprint density at radius 1 is 0.873 bits per heavy atom. The first-order valence-electron chi connectivity index (χ1n) is 17.5. The van der Waals surface area contributed by atoms with Gasteiger partial charge >= 0.3 is 26.0 Å². The van der Waals surface area contributed by atoms with Crippen LogP contribution in [0.5, 0.6) is 0 Å². The highest BCUT2D eigenvalue weighted by atomic mass is 31.2. The van der Waals surface area contributed by atoms with E-state index >= 15 is 0 Å². The van der Waals surface area contributed by atoms with Gasteiger partial charge in [-0.3, -0.25) is 23.2 Å². The maximum atomic E-state index is 14.2. The maximum absolute atomic E-state index is 14.2. The molecule has 2 aromatic rings. The van der Waals surface area contributed by atoms with Crippen molar-refractivity contribution in [3.8, 4) is 11.4 Å². The summed E-state index contributed by atoms with van der Waals surface area (Å²) in [5.74, 6) is -0.850. The number of piperazine rings is 1. The molecule has 0 radical (unpaired) electrons. The van der Waals surface area contributed by atoms with E-state index in [0.717, 1.165) is 27.1 Å². The van der Waals surface area contributed by atoms with Gasteiger partial charge in [-0.1, -0.05) is 43.7 Å². The Kier molecular flexibility index (Phi) is 16.4. The number of rotatable bonds is 17. The van der Waals surface area contributed by atoms with Gasteiger partial charge in [0.25, 0.3) is 5.91 Å². The number of methoxy groups -OCH3 is 3. The lowest BCUT2D eigenvalue weighted by atomic mass is 10.2. The fraction of sp³-hybridized carbons (Fsp3) is 0.559. The highest BCUT2D eigenvalue weighted by molar-refractivity contribution is 7.54. The van der Waals surface area contributed by atoms with Crippen LogP contribution in [-0.4, -0.2) is 149 Å². The number of unbranched alkanes of at least 4 members (excludes halogenated alkanes) is 1. The predicted molar refractivity (Wildman–Crippen MR) is 192 cm³/mol. The number of carbonyl (C=O) groups is 5. The number of ether oxygens (including phenoxy) is 6. The third kappa shape index (κ3) is 12.8. The van der Waals surface area contributed by atoms with Crippen LogP contribution in [0.3, 0.4) is 0 Å². The van der Waals surface area contributed by atoms with E-state index in [9.17, 15) is 28.5 Å². The molecule has 1 aromatic heterocycles. The molecule has 2 aliphatic rings. The lowest BCUT2D eigenvalue weighted by molar-refractivity contribution is -0.134. The maximum Gasteiger partial charge on any atom is 0.510 e. The molecule has 2 unspecified atom stereocenters. The number of aromatic nitrogens is 2. The van der Waals surface area contributed by atoms with Crippen LogP contribution in [0.1, 0.15) is 36.7 Å². The lowest BCUT2D eigenvalue weighted by Crippen LogP contribution is -2.57. The van der Waals surface area contributed by atoms with Gasteiger partial charge in [-0.2, -0.15) is 0 Å². The molecule has 2 atom stereocenters. The SMILES string of the molecule is CCCCOC(=O)N1CCN(C(=O)C(CP(=O)(OCOC(=O)OC)OCOC(=O)OC)NC(=O)c2cc(N3CCC(OC)C3)nc(-c3ccccc3)n2)CC1. The van der Waals surface area contributed by atoms with E-state index in [4.69, 9.17) is 33.0 Å². The molecule has 0 aliphatic carbocycles. The summed E-state index contributed by atoms with van der Waals surface area (Å²) in [7, 11) is -0.867. The van der Waals surface area contributed by atoms with Crippen LogP contribution in [0.4, 0.5) is 20.2 Å². The molecule has 1 aromatic carbocycles. The van der Waals surface area contributed by atoms with Crippen LogP contribution in [0.15, 0.2) is 36.4 Å². The second-order valence-corrected chi connectivity index (χ2v) is 14.3. The summed E-state index contributed by atoms with van der Waals surface area (Å²) >= 11 is 0. The number of carbonyl (C=O) groups excluding carboxylic acids is 5. The summed E-state index contributed by atoms with van der Waals surface area (Å²) in [4.78, 5) is 78.1. The monoisotopic (exact) mass is 794 g/mol. The van der Waals surface area contributed by atoms with Crippen molar-refractivity contribution in [3.05, 3.63) is 42.1 Å². The van der Waals surface area contributed by atoms with E-state index in [1.807, 2.05) is 17.9 Å². The molecule has 0 saturated carbocycles. The summed E-state index contributed by atoms with van der Waals surface area (Å²) in [6, 6.07) is 8.86. The van der Waals surface area contributed by atoms with Crippen molar-refractivity contribution in [2.45, 2.75) is 38.3 Å². The van der Waals surface area contributed by atoms with E-state index in [2.05, 4.69) is 19.8 Å². The Bertz CT molecular complexity index is 1640. The molecule has 20 nitrogen and oxygen atoms in total. The zero-order chi connectivity index (χ0) is 39.8. The minimum atomic E-state index is -4.57. The van der Waals surface area contributed by atoms with E-state index in [1.165, 1.54) is 15.9 Å². The molecule has 302 valence electrons. The van der Waals surface area contributed by atoms with Crippen LogP contribution in [0.25, 0.3) is 11.4 Å². The van der Waals surface area contributed by atoms with Gasteiger partial charge in [0.2, 0.25) is 19.5 Å². The Morgan fingerprint density at radius 2 is 1.51 bits per heavy atom. The van der Waals surface area contributed by atoms with Crippen molar-refractivity contribution in [2.75, 3.05) is 91.9 Å². The molecule has 0 bridgehead atoms. The number of amides is 3. The lowest BCUT2D eigenvalue weighted by Gasteiger charge is -2.36. The third-order valence-electron chi connectivity index (χ3n) is 8.55. The normalized spacial score (nSPS) is 16.2. The smallest absolute Gasteiger partial charge is 0.449 e. The zero-order valence-electron chi connectivity index (χ0n) is 31.2. The van der Waals surface area contributed by atoms with Gasteiger partial charge in [-0.25, -0.2) is 24.4 Å². The summed E-state index contributed by atoms with van der Waals surface area (Å²) < 4.78 is 53.8. The first-order valence-corrected chi connectivity index (χ1v) is 19.2. The Morgan fingerprint density at radius 3 is 2.09 bits per heavy atom. The largest absolute Gasteiger partial charge is 0.510 e. The van der Waals surface area contributed by atoms with Crippen molar-refractivity contribution in [2.24, 2.45) is 0 Å². The van der Waals surface area contributed by atoms with Crippen LogP contribution in [-0.2, 0) is 46.8 Å². The Balaban J connectivity index is 1.64. The molecular weight excluding hydrogens is 747 g/mol. The molecule has 55 heavy (non-hydrogen) atoms. The fourth-order valence-corrected chi connectivity index (χ4v) is 6.90. The molecular formula is C34H47N6O14P. The van der Waals surface area contributed by atoms with E-state index < -0.39 is 63.6 Å². The highest BCUT2D eigenvalue weighted by Gasteiger charge is 2.39. The van der Waals surface area contributed by atoms with Crippen LogP contribution >= 0.6 is 7.60 Å². The van der Waals surface area contributed by atoms with Crippen LogP contribution < -0.4 is 10.2 Å². The second kappa shape index (κ2) is 21.2. The van der Waals surface area contributed by atoms with E-state index in [-0.39, 0.29) is 50.4 Å². The molecule has 1 N–H and O–H groups in total. The van der Waals surface area contributed by atoms with Crippen molar-refractivity contribution in [3.63, 3.8) is 0 Å². The number of nitrogens with one attached hydrogen (secondary N) is 1. The quantitative estimate of drug-likeness (QED) is 0.0798. The summed E-state index contributed by atoms with van der Waals surface area (Å²) in [6.45, 7) is 1.77. The number of hydrogen-bond donors (Lipinski definition) is 1. The van der Waals surface area contributed by atoms with E-state index in [1.54, 1.807) is 31.4 Å². The number of anilines is 1. The van der Waals surface area contributed by atoms with Crippen molar-refractivity contribution in [1.29, 1.82) is 0 Å². The molecule has 3 heterocycles. The van der Waals surface area contributed by atoms with Crippen LogP contribution in [0, 0.1) is 0 Å². The third-order valence-corrected chi connectivity index (χ3v) is 10.4. The summed E-state index contributed by atoms with van der Waals surface area (Å²) in [5.41, 5.74) is 0.518. The molecule has 0 spiro atoms. The topological polar surface area (TPSA) is 224 Å². The average molecular weight is 795 g/mol. The summed E-state index contributed by atoms with van der Waals surface area (Å²) in [5, 5.41) is 2.63. The van der Waals surface area contributed by atoms with E-state index in [0.29, 0.717) is 30.9 Å². The van der Waals surface area contributed by atoms with Gasteiger partial charge in [-0.15, -0.1) is 0 Å². The number of nitrogens with zero attached hydrogens (tertiary/aromatic N) is 5. The second-order valence-electron chi connectivity index (χ2n) is 12.2. The first-order chi connectivity index (χ1) is 26.5. The Labute approximate surface area is 318 Å². The van der Waals surface area contributed by atoms with Crippen molar-refractivity contribution >= 4 is 43.6 Å². The average Bonchev–Trinajstić information content (AvgIpc) is 3.70. The number of hydrogen-bond acceptors (Lipinski definition) is 17. The van der Waals surface area contributed by atoms with Gasteiger partial charge in [-0.05, 0) is 12.8 Å². The predicted octanol–water partition coefficient (Wildman–Crippen LogP) is 3.26. The molecule has 4 rings (SSSR count). The first kappa shape index (κ1) is 42.7. The minimum absolute atomic E-state index is 0.0441. The van der Waals surface area contributed by atoms with Crippen molar-refractivity contribution < 1.29 is 66.0 Å². The van der Waals surface area contributed by atoms with Gasteiger partial charge in [0.05, 0.1) is 33.1 Å². The zero-order valence-corrected chi connectivity index (χ0v) is 32.1. The van der Waals surface area contributed by atoms with Crippen molar-refractivity contribution in [1.82, 2.24) is 25.1 Å². The molecule has 2 fully saturated rings. The fourth-order valence-electron chi connectivity index (χ4n) is 5.49. The molecule has 21 heteroatoms. The van der Waals surface area contributed by atoms with Gasteiger partial charge in [0.1, 0.15) is 17.6 Å². The number of benzene rings is 1. The summed E-state index contributed by atoms with van der Waals surface area (Å²) in [6.07, 6.45) is -1.45. The van der Waals surface area contributed by atoms with Crippen LogP contribution in [0.2, 0.25) is 0 Å². The molecule has 3 amide bonds. The minimum Gasteiger partial charge on any atom is -0.449 e.